The first-order valence-corrected chi connectivity index (χ1v) is 10.8. The van der Waals surface area contributed by atoms with Gasteiger partial charge >= 0.3 is 0 Å². The summed E-state index contributed by atoms with van der Waals surface area (Å²) < 4.78 is 0. The first kappa shape index (κ1) is 21.9. The molecule has 1 aromatic heterocycles. The molecule has 1 amide bonds. The third-order valence-electron chi connectivity index (χ3n) is 4.37. The van der Waals surface area contributed by atoms with Gasteiger partial charge in [0.05, 0.1) is 13.1 Å². The molecule has 1 heterocycles. The number of hydrogen-bond acceptors (Lipinski definition) is 4. The Hall–Kier alpha value is -2.41. The van der Waals surface area contributed by atoms with Crippen LogP contribution in [-0.4, -0.2) is 41.4 Å². The van der Waals surface area contributed by atoms with E-state index in [4.69, 9.17) is 0 Å². The maximum absolute atomic E-state index is 12.4. The van der Waals surface area contributed by atoms with Crippen LogP contribution in [0.2, 0.25) is 0 Å². The number of aliphatic imine (C=N–C) groups is 1. The highest BCUT2D eigenvalue weighted by Crippen LogP contribution is 2.13. The number of nitrogens with zero attached hydrogens (tertiary/aromatic N) is 3. The number of benzene rings is 1. The molecule has 28 heavy (non-hydrogen) atoms. The van der Waals surface area contributed by atoms with E-state index < -0.39 is 0 Å². The van der Waals surface area contributed by atoms with Gasteiger partial charge in [-0.1, -0.05) is 19.1 Å². The van der Waals surface area contributed by atoms with Crippen molar-refractivity contribution in [2.45, 2.75) is 47.2 Å². The number of aromatic nitrogens is 1. The van der Waals surface area contributed by atoms with Gasteiger partial charge in [0.15, 0.2) is 5.96 Å². The number of thiazole rings is 1. The Morgan fingerprint density at radius 2 is 1.82 bits per heavy atom. The van der Waals surface area contributed by atoms with E-state index in [0.29, 0.717) is 13.1 Å². The Morgan fingerprint density at radius 1 is 1.11 bits per heavy atom. The zero-order chi connectivity index (χ0) is 20.4. The lowest BCUT2D eigenvalue weighted by molar-refractivity contribution is 0.0773. The van der Waals surface area contributed by atoms with Crippen LogP contribution in [-0.2, 0) is 19.5 Å². The summed E-state index contributed by atoms with van der Waals surface area (Å²) in [4.78, 5) is 24.6. The number of carbonyl (C=O) groups excluding carboxylic acids is 1. The average molecular weight is 402 g/mol. The Balaban J connectivity index is 1.96. The van der Waals surface area contributed by atoms with E-state index in [0.717, 1.165) is 48.1 Å². The molecule has 0 spiro atoms. The molecule has 2 N–H and O–H groups in total. The third kappa shape index (κ3) is 6.34. The molecule has 0 atom stereocenters. The molecule has 0 fully saturated rings. The molecule has 0 saturated carbocycles. The van der Waals surface area contributed by atoms with Crippen LogP contribution in [0.4, 0.5) is 0 Å². The number of guanidine groups is 1. The molecular weight excluding hydrogens is 370 g/mol. The van der Waals surface area contributed by atoms with Gasteiger partial charge in [-0.2, -0.15) is 0 Å². The van der Waals surface area contributed by atoms with Gasteiger partial charge in [-0.3, -0.25) is 4.79 Å². The predicted octanol–water partition coefficient (Wildman–Crippen LogP) is 3.44. The van der Waals surface area contributed by atoms with Gasteiger partial charge in [0.25, 0.3) is 5.91 Å². The molecule has 0 radical (unpaired) electrons. The Bertz CT molecular complexity index is 765. The maximum Gasteiger partial charge on any atom is 0.253 e. The molecule has 152 valence electrons. The van der Waals surface area contributed by atoms with E-state index in [9.17, 15) is 4.79 Å². The number of nitrogens with one attached hydrogen (secondary N) is 2. The first-order chi connectivity index (χ1) is 13.6. The predicted molar refractivity (Wildman–Crippen MR) is 117 cm³/mol. The van der Waals surface area contributed by atoms with Crippen molar-refractivity contribution in [3.63, 3.8) is 0 Å². The number of carbonyl (C=O) groups is 1. The topological polar surface area (TPSA) is 69.6 Å². The molecule has 0 aliphatic rings. The molecule has 2 rings (SSSR count). The van der Waals surface area contributed by atoms with Crippen LogP contribution in [0.5, 0.6) is 0 Å². The summed E-state index contributed by atoms with van der Waals surface area (Å²) in [6.07, 6.45) is 2.95. The second kappa shape index (κ2) is 11.4. The van der Waals surface area contributed by atoms with Crippen molar-refractivity contribution in [2.75, 3.05) is 19.6 Å². The van der Waals surface area contributed by atoms with E-state index in [1.165, 1.54) is 4.88 Å². The zero-order valence-electron chi connectivity index (χ0n) is 17.3. The summed E-state index contributed by atoms with van der Waals surface area (Å²) in [5, 5.41) is 7.65. The van der Waals surface area contributed by atoms with E-state index >= 15 is 0 Å². The van der Waals surface area contributed by atoms with E-state index in [2.05, 4.69) is 27.5 Å². The van der Waals surface area contributed by atoms with Crippen molar-refractivity contribution >= 4 is 23.2 Å². The molecule has 0 aliphatic heterocycles. The minimum atomic E-state index is 0.0740. The van der Waals surface area contributed by atoms with Gasteiger partial charge in [-0.25, -0.2) is 9.98 Å². The van der Waals surface area contributed by atoms with Gasteiger partial charge in [-0.05, 0) is 44.9 Å². The van der Waals surface area contributed by atoms with Crippen LogP contribution in [0, 0.1) is 0 Å². The normalized spacial score (nSPS) is 11.4. The lowest BCUT2D eigenvalue weighted by Gasteiger charge is -2.18. The monoisotopic (exact) mass is 401 g/mol. The first-order valence-electron chi connectivity index (χ1n) is 9.95. The fourth-order valence-corrected chi connectivity index (χ4v) is 3.51. The largest absolute Gasteiger partial charge is 0.357 e. The fraction of sp³-hybridized carbons (Fsp3) is 0.476. The maximum atomic E-state index is 12.4. The van der Waals surface area contributed by atoms with Gasteiger partial charge in [0.1, 0.15) is 5.01 Å². The molecule has 0 bridgehead atoms. The molecule has 7 heteroatoms. The Labute approximate surface area is 172 Å². The van der Waals surface area contributed by atoms with Crippen LogP contribution in [0.3, 0.4) is 0 Å². The molecular formula is C21H31N5OS. The van der Waals surface area contributed by atoms with Crippen molar-refractivity contribution in [3.05, 3.63) is 51.5 Å². The van der Waals surface area contributed by atoms with Crippen molar-refractivity contribution < 1.29 is 4.79 Å². The third-order valence-corrected chi connectivity index (χ3v) is 5.51. The van der Waals surface area contributed by atoms with Crippen molar-refractivity contribution in [1.82, 2.24) is 20.5 Å². The SMILES string of the molecule is CCNC(=NCc1ccc(C(=O)N(CC)CC)cc1)NCc1ncc(CC)s1. The number of hydrogen-bond donors (Lipinski definition) is 2. The minimum Gasteiger partial charge on any atom is -0.357 e. The van der Waals surface area contributed by atoms with E-state index in [-0.39, 0.29) is 5.91 Å². The highest BCUT2D eigenvalue weighted by Gasteiger charge is 2.11. The Kier molecular flexibility index (Phi) is 8.94. The van der Waals surface area contributed by atoms with Crippen LogP contribution < -0.4 is 10.6 Å². The molecule has 0 aliphatic carbocycles. The van der Waals surface area contributed by atoms with Crippen LogP contribution in [0.15, 0.2) is 35.5 Å². The second-order valence-corrected chi connectivity index (χ2v) is 7.50. The van der Waals surface area contributed by atoms with Crippen molar-refractivity contribution in [3.8, 4) is 0 Å². The fourth-order valence-electron chi connectivity index (χ4n) is 2.71. The van der Waals surface area contributed by atoms with Gasteiger partial charge in [0, 0.05) is 36.3 Å². The number of rotatable bonds is 9. The Morgan fingerprint density at radius 3 is 2.39 bits per heavy atom. The smallest absolute Gasteiger partial charge is 0.253 e. The van der Waals surface area contributed by atoms with E-state index in [1.807, 2.05) is 56.1 Å². The lowest BCUT2D eigenvalue weighted by atomic mass is 10.1. The number of amides is 1. The van der Waals surface area contributed by atoms with Crippen LogP contribution in [0.1, 0.15) is 53.5 Å². The average Bonchev–Trinajstić information content (AvgIpc) is 3.19. The van der Waals surface area contributed by atoms with Gasteiger partial charge in [0.2, 0.25) is 0 Å². The minimum absolute atomic E-state index is 0.0740. The lowest BCUT2D eigenvalue weighted by Crippen LogP contribution is -2.36. The van der Waals surface area contributed by atoms with Crippen LogP contribution in [0.25, 0.3) is 0 Å². The highest BCUT2D eigenvalue weighted by molar-refractivity contribution is 7.11. The second-order valence-electron chi connectivity index (χ2n) is 6.30. The molecule has 1 aromatic carbocycles. The molecule has 0 unspecified atom stereocenters. The standard InChI is InChI=1S/C21H31N5OS/c1-5-18-14-23-19(28-18)15-25-21(22-6-2)24-13-16-9-11-17(12-10-16)20(27)26(7-3)8-4/h9-12,14H,5-8,13,15H2,1-4H3,(H2,22,24,25). The summed E-state index contributed by atoms with van der Waals surface area (Å²) in [5.41, 5.74) is 1.78. The quantitative estimate of drug-likeness (QED) is 0.499. The number of aryl methyl sites for hydroxylation is 1. The van der Waals surface area contributed by atoms with E-state index in [1.54, 1.807) is 11.3 Å². The zero-order valence-corrected chi connectivity index (χ0v) is 18.1. The van der Waals surface area contributed by atoms with Gasteiger partial charge < -0.3 is 15.5 Å². The highest BCUT2D eigenvalue weighted by atomic mass is 32.1. The van der Waals surface area contributed by atoms with Crippen LogP contribution >= 0.6 is 11.3 Å². The van der Waals surface area contributed by atoms with Crippen molar-refractivity contribution in [2.24, 2.45) is 4.99 Å². The summed E-state index contributed by atoms with van der Waals surface area (Å²) in [6, 6.07) is 7.71. The summed E-state index contributed by atoms with van der Waals surface area (Å²) in [5.74, 6) is 0.837. The molecule has 6 nitrogen and oxygen atoms in total. The summed E-state index contributed by atoms with van der Waals surface area (Å²) >= 11 is 1.73. The molecule has 0 saturated heterocycles. The summed E-state index contributed by atoms with van der Waals surface area (Å²) in [7, 11) is 0. The molecule has 2 aromatic rings. The summed E-state index contributed by atoms with van der Waals surface area (Å²) in [6.45, 7) is 11.6. The van der Waals surface area contributed by atoms with Crippen molar-refractivity contribution in [1.29, 1.82) is 0 Å². The van der Waals surface area contributed by atoms with Gasteiger partial charge in [-0.15, -0.1) is 11.3 Å².